The standard InChI is InChI=1S/C26H31ClN2O4/c1-17(2)16-33-21-12-8-19(9-13-21)24(30)22-23(18-6-10-20(27)11-7-18)29(26(32)25(22)31)15-5-14-28(3)4/h6-13,17,23,30H,5,14-16H2,1-4H3/t23-/m1/s1. The number of carbonyl (C=O) groups is 2. The lowest BCUT2D eigenvalue weighted by Gasteiger charge is -2.26. The number of ether oxygens (including phenoxy) is 1. The molecule has 1 aliphatic heterocycles. The van der Waals surface area contributed by atoms with Gasteiger partial charge in [0.1, 0.15) is 11.5 Å². The molecule has 1 saturated heterocycles. The molecule has 0 aliphatic carbocycles. The van der Waals surface area contributed by atoms with E-state index in [1.165, 1.54) is 0 Å². The van der Waals surface area contributed by atoms with Gasteiger partial charge < -0.3 is 19.6 Å². The van der Waals surface area contributed by atoms with Gasteiger partial charge in [0.15, 0.2) is 0 Å². The summed E-state index contributed by atoms with van der Waals surface area (Å²) in [6.07, 6.45) is 0.700. The lowest BCUT2D eigenvalue weighted by Crippen LogP contribution is -2.32. The molecule has 176 valence electrons. The molecule has 1 N–H and O–H groups in total. The number of halogens is 1. The summed E-state index contributed by atoms with van der Waals surface area (Å²) in [5.74, 6) is -0.414. The number of hydrogen-bond donors (Lipinski definition) is 1. The Labute approximate surface area is 200 Å². The lowest BCUT2D eigenvalue weighted by atomic mass is 9.95. The summed E-state index contributed by atoms with van der Waals surface area (Å²) in [5.41, 5.74) is 1.27. The Hall–Kier alpha value is -2.83. The van der Waals surface area contributed by atoms with E-state index in [2.05, 4.69) is 13.8 Å². The maximum Gasteiger partial charge on any atom is 0.295 e. The second kappa shape index (κ2) is 10.9. The maximum absolute atomic E-state index is 13.1. The summed E-state index contributed by atoms with van der Waals surface area (Å²) in [7, 11) is 3.92. The number of ketones is 1. The van der Waals surface area contributed by atoms with E-state index in [9.17, 15) is 14.7 Å². The van der Waals surface area contributed by atoms with Crippen LogP contribution in [0.5, 0.6) is 5.75 Å². The molecule has 1 aliphatic rings. The SMILES string of the molecule is CC(C)COc1ccc(C(O)=C2C(=O)C(=O)N(CCCN(C)C)[C@@H]2c2ccc(Cl)cc2)cc1. The van der Waals surface area contributed by atoms with E-state index in [-0.39, 0.29) is 11.3 Å². The summed E-state index contributed by atoms with van der Waals surface area (Å²) >= 11 is 6.06. The fourth-order valence-electron chi connectivity index (χ4n) is 3.79. The van der Waals surface area contributed by atoms with Crippen molar-refractivity contribution in [2.75, 3.05) is 33.8 Å². The van der Waals surface area contributed by atoms with E-state index in [4.69, 9.17) is 16.3 Å². The van der Waals surface area contributed by atoms with Crippen LogP contribution >= 0.6 is 11.6 Å². The van der Waals surface area contributed by atoms with Gasteiger partial charge in [-0.25, -0.2) is 0 Å². The van der Waals surface area contributed by atoms with E-state index < -0.39 is 17.7 Å². The minimum atomic E-state index is -0.683. The Morgan fingerprint density at radius 3 is 2.30 bits per heavy atom. The molecule has 2 aromatic carbocycles. The Morgan fingerprint density at radius 1 is 1.09 bits per heavy atom. The van der Waals surface area contributed by atoms with Crippen LogP contribution in [0.15, 0.2) is 54.1 Å². The van der Waals surface area contributed by atoms with Crippen molar-refractivity contribution in [1.82, 2.24) is 9.80 Å². The summed E-state index contributed by atoms with van der Waals surface area (Å²) in [6.45, 7) is 5.88. The third-order valence-corrected chi connectivity index (χ3v) is 5.69. The fraction of sp³-hybridized carbons (Fsp3) is 0.385. The Bertz CT molecular complexity index is 1010. The third kappa shape index (κ3) is 5.95. The van der Waals surface area contributed by atoms with Crippen molar-refractivity contribution < 1.29 is 19.4 Å². The minimum Gasteiger partial charge on any atom is -0.507 e. The topological polar surface area (TPSA) is 70.1 Å². The zero-order valence-corrected chi connectivity index (χ0v) is 20.3. The predicted molar refractivity (Wildman–Crippen MR) is 130 cm³/mol. The van der Waals surface area contributed by atoms with Crippen LogP contribution in [0.2, 0.25) is 5.02 Å². The van der Waals surface area contributed by atoms with E-state index >= 15 is 0 Å². The zero-order chi connectivity index (χ0) is 24.1. The number of nitrogens with zero attached hydrogens (tertiary/aromatic N) is 2. The monoisotopic (exact) mass is 470 g/mol. The van der Waals surface area contributed by atoms with Crippen molar-refractivity contribution in [3.8, 4) is 5.75 Å². The average molecular weight is 471 g/mol. The largest absolute Gasteiger partial charge is 0.507 e. The van der Waals surface area contributed by atoms with Crippen molar-refractivity contribution in [2.45, 2.75) is 26.3 Å². The number of likely N-dealkylation sites (tertiary alicyclic amines) is 1. The first-order valence-electron chi connectivity index (χ1n) is 11.1. The van der Waals surface area contributed by atoms with Gasteiger partial charge in [-0.2, -0.15) is 0 Å². The molecular weight excluding hydrogens is 440 g/mol. The van der Waals surface area contributed by atoms with E-state index in [1.807, 2.05) is 19.0 Å². The molecule has 7 heteroatoms. The number of hydrogen-bond acceptors (Lipinski definition) is 5. The molecule has 1 heterocycles. The number of rotatable bonds is 9. The lowest BCUT2D eigenvalue weighted by molar-refractivity contribution is -0.139. The normalized spacial score (nSPS) is 17.9. The van der Waals surface area contributed by atoms with Crippen LogP contribution in [0, 0.1) is 5.92 Å². The summed E-state index contributed by atoms with van der Waals surface area (Å²) < 4.78 is 5.70. The maximum atomic E-state index is 13.1. The van der Waals surface area contributed by atoms with Gasteiger partial charge in [-0.05, 0) is 74.9 Å². The molecule has 0 saturated carbocycles. The number of aliphatic hydroxyl groups excluding tert-OH is 1. The number of benzene rings is 2. The molecule has 6 nitrogen and oxygen atoms in total. The molecule has 2 aromatic rings. The predicted octanol–water partition coefficient (Wildman–Crippen LogP) is 4.75. The molecule has 1 atom stereocenters. The van der Waals surface area contributed by atoms with Gasteiger partial charge in [-0.15, -0.1) is 0 Å². The number of amides is 1. The Balaban J connectivity index is 1.99. The van der Waals surface area contributed by atoms with E-state index in [1.54, 1.807) is 53.4 Å². The first-order valence-corrected chi connectivity index (χ1v) is 11.5. The van der Waals surface area contributed by atoms with E-state index in [0.717, 1.165) is 12.1 Å². The molecule has 3 rings (SSSR count). The van der Waals surface area contributed by atoms with Crippen LogP contribution in [-0.2, 0) is 9.59 Å². The Morgan fingerprint density at radius 2 is 1.73 bits per heavy atom. The molecule has 0 bridgehead atoms. The Kier molecular flexibility index (Phi) is 8.16. The molecule has 33 heavy (non-hydrogen) atoms. The van der Waals surface area contributed by atoms with Crippen molar-refractivity contribution in [3.05, 3.63) is 70.3 Å². The van der Waals surface area contributed by atoms with Crippen molar-refractivity contribution >= 4 is 29.1 Å². The molecular formula is C26H31ClN2O4. The molecule has 0 unspecified atom stereocenters. The highest BCUT2D eigenvalue weighted by atomic mass is 35.5. The minimum absolute atomic E-state index is 0.0861. The first-order chi connectivity index (χ1) is 15.7. The quantitative estimate of drug-likeness (QED) is 0.325. The number of Topliss-reactive ketones (excluding diaryl/α,β-unsaturated/α-hetero) is 1. The highest BCUT2D eigenvalue weighted by Gasteiger charge is 2.45. The van der Waals surface area contributed by atoms with Gasteiger partial charge in [0.25, 0.3) is 11.7 Å². The van der Waals surface area contributed by atoms with Gasteiger partial charge in [0, 0.05) is 17.1 Å². The molecule has 1 amide bonds. The van der Waals surface area contributed by atoms with Gasteiger partial charge in [0.05, 0.1) is 18.2 Å². The third-order valence-electron chi connectivity index (χ3n) is 5.44. The van der Waals surface area contributed by atoms with Gasteiger partial charge >= 0.3 is 0 Å². The van der Waals surface area contributed by atoms with Crippen LogP contribution in [0.25, 0.3) is 5.76 Å². The molecule has 0 radical (unpaired) electrons. The summed E-state index contributed by atoms with van der Waals surface area (Å²) in [5, 5.41) is 11.7. The van der Waals surface area contributed by atoms with E-state index in [0.29, 0.717) is 41.8 Å². The second-order valence-corrected chi connectivity index (χ2v) is 9.37. The van der Waals surface area contributed by atoms with Gasteiger partial charge in [-0.1, -0.05) is 37.6 Å². The second-order valence-electron chi connectivity index (χ2n) is 8.93. The van der Waals surface area contributed by atoms with Crippen LogP contribution in [0.1, 0.15) is 37.4 Å². The van der Waals surface area contributed by atoms with Crippen molar-refractivity contribution in [3.63, 3.8) is 0 Å². The van der Waals surface area contributed by atoms with Crippen LogP contribution in [-0.4, -0.2) is 60.4 Å². The van der Waals surface area contributed by atoms with Crippen LogP contribution in [0.4, 0.5) is 0 Å². The smallest absolute Gasteiger partial charge is 0.295 e. The van der Waals surface area contributed by atoms with Crippen LogP contribution < -0.4 is 4.74 Å². The highest BCUT2D eigenvalue weighted by molar-refractivity contribution is 6.46. The van der Waals surface area contributed by atoms with Gasteiger partial charge in [-0.3, -0.25) is 9.59 Å². The summed E-state index contributed by atoms with van der Waals surface area (Å²) in [4.78, 5) is 29.6. The molecule has 0 spiro atoms. The number of carbonyl (C=O) groups excluding carboxylic acids is 2. The van der Waals surface area contributed by atoms with Crippen LogP contribution in [0.3, 0.4) is 0 Å². The zero-order valence-electron chi connectivity index (χ0n) is 19.5. The summed E-state index contributed by atoms with van der Waals surface area (Å²) in [6, 6.07) is 13.2. The van der Waals surface area contributed by atoms with Gasteiger partial charge in [0.2, 0.25) is 0 Å². The number of aliphatic hydroxyl groups is 1. The average Bonchev–Trinajstić information content (AvgIpc) is 3.03. The fourth-order valence-corrected chi connectivity index (χ4v) is 3.91. The van der Waals surface area contributed by atoms with Crippen molar-refractivity contribution in [2.24, 2.45) is 5.92 Å². The van der Waals surface area contributed by atoms with Crippen molar-refractivity contribution in [1.29, 1.82) is 0 Å². The molecule has 1 fully saturated rings. The first kappa shape index (κ1) is 24.8. The highest BCUT2D eigenvalue weighted by Crippen LogP contribution is 2.39. The molecule has 0 aromatic heterocycles.